The Labute approximate surface area is 131 Å². The van der Waals surface area contributed by atoms with Gasteiger partial charge in [-0.2, -0.15) is 4.98 Å². The zero-order valence-corrected chi connectivity index (χ0v) is 13.5. The van der Waals surface area contributed by atoms with Crippen molar-refractivity contribution in [2.45, 2.75) is 40.2 Å². The Hall–Kier alpha value is -2.43. The van der Waals surface area contributed by atoms with Crippen LogP contribution in [0.1, 0.15) is 43.2 Å². The molecule has 22 heavy (non-hydrogen) atoms. The number of Topliss-reactive ketones (excluding diaryl/α,β-unsaturated/α-hetero) is 1. The van der Waals surface area contributed by atoms with Gasteiger partial charge in [-0.1, -0.05) is 6.92 Å². The first-order chi connectivity index (χ1) is 10.5. The molecule has 5 nitrogen and oxygen atoms in total. The quantitative estimate of drug-likeness (QED) is 0.791. The molecule has 1 aromatic heterocycles. The summed E-state index contributed by atoms with van der Waals surface area (Å²) >= 11 is 0. The van der Waals surface area contributed by atoms with Crippen LogP contribution in [0.25, 0.3) is 0 Å². The third-order valence-electron chi connectivity index (χ3n) is 3.41. The highest BCUT2D eigenvalue weighted by atomic mass is 16.1. The lowest BCUT2D eigenvalue weighted by Gasteiger charge is -2.14. The second-order valence-electron chi connectivity index (χ2n) is 5.43. The van der Waals surface area contributed by atoms with Gasteiger partial charge in [-0.3, -0.25) is 4.79 Å². The first-order valence-corrected chi connectivity index (χ1v) is 7.48. The normalized spacial score (nSPS) is 11.8. The van der Waals surface area contributed by atoms with Crippen molar-refractivity contribution in [1.82, 2.24) is 9.97 Å². The van der Waals surface area contributed by atoms with Gasteiger partial charge in [0.1, 0.15) is 5.82 Å². The van der Waals surface area contributed by atoms with Gasteiger partial charge in [0.25, 0.3) is 0 Å². The summed E-state index contributed by atoms with van der Waals surface area (Å²) in [5.74, 6) is 1.41. The van der Waals surface area contributed by atoms with E-state index in [-0.39, 0.29) is 5.78 Å². The maximum atomic E-state index is 11.3. The fraction of sp³-hybridized carbons (Fsp3) is 0.353. The van der Waals surface area contributed by atoms with Crippen molar-refractivity contribution in [3.05, 3.63) is 41.6 Å². The van der Waals surface area contributed by atoms with Crippen LogP contribution in [-0.4, -0.2) is 21.8 Å². The summed E-state index contributed by atoms with van der Waals surface area (Å²) in [6.45, 7) is 7.74. The lowest BCUT2D eigenvalue weighted by atomic mass is 10.1. The van der Waals surface area contributed by atoms with E-state index in [4.69, 9.17) is 0 Å². The van der Waals surface area contributed by atoms with E-state index in [9.17, 15) is 4.79 Å². The van der Waals surface area contributed by atoms with E-state index in [2.05, 4.69) is 34.4 Å². The molecule has 5 heteroatoms. The molecule has 1 aromatic carbocycles. The van der Waals surface area contributed by atoms with E-state index >= 15 is 0 Å². The zero-order valence-electron chi connectivity index (χ0n) is 13.5. The second-order valence-corrected chi connectivity index (χ2v) is 5.43. The Bertz CT molecular complexity index is 652. The molecular formula is C17H22N4O. The predicted molar refractivity (Wildman–Crippen MR) is 89.9 cm³/mol. The summed E-state index contributed by atoms with van der Waals surface area (Å²) in [5, 5.41) is 6.52. The van der Waals surface area contributed by atoms with Crippen LogP contribution in [0.4, 0.5) is 17.5 Å². The minimum absolute atomic E-state index is 0.0541. The number of carbonyl (C=O) groups is 1. The smallest absolute Gasteiger partial charge is 0.229 e. The molecule has 0 saturated carbocycles. The third kappa shape index (κ3) is 4.28. The van der Waals surface area contributed by atoms with Crippen molar-refractivity contribution in [1.29, 1.82) is 0 Å². The molecule has 116 valence electrons. The standard InChI is InChI=1S/C17H22N4O/c1-5-11(2)18-16-10-12(3)19-17(21-16)20-15-8-6-14(7-9-15)13(4)22/h6-11H,5H2,1-4H3,(H2,18,19,20,21). The number of aryl methyl sites for hydroxylation is 1. The van der Waals surface area contributed by atoms with Gasteiger partial charge in [0, 0.05) is 29.1 Å². The summed E-state index contributed by atoms with van der Waals surface area (Å²) in [6.07, 6.45) is 1.03. The van der Waals surface area contributed by atoms with Crippen molar-refractivity contribution in [3.63, 3.8) is 0 Å². The van der Waals surface area contributed by atoms with Gasteiger partial charge in [-0.05, 0) is 51.5 Å². The number of hydrogen-bond acceptors (Lipinski definition) is 5. The van der Waals surface area contributed by atoms with Crippen LogP contribution in [0.15, 0.2) is 30.3 Å². The Morgan fingerprint density at radius 3 is 2.50 bits per heavy atom. The SMILES string of the molecule is CCC(C)Nc1cc(C)nc(Nc2ccc(C(C)=O)cc2)n1. The average molecular weight is 298 g/mol. The molecule has 0 spiro atoms. The summed E-state index contributed by atoms with van der Waals surface area (Å²) in [6, 6.07) is 9.57. The maximum Gasteiger partial charge on any atom is 0.229 e. The summed E-state index contributed by atoms with van der Waals surface area (Å²) < 4.78 is 0. The number of ketones is 1. The lowest BCUT2D eigenvalue weighted by Crippen LogP contribution is -2.15. The van der Waals surface area contributed by atoms with E-state index in [1.165, 1.54) is 0 Å². The van der Waals surface area contributed by atoms with Crippen molar-refractivity contribution in [2.75, 3.05) is 10.6 Å². The van der Waals surface area contributed by atoms with Crippen LogP contribution in [-0.2, 0) is 0 Å². The van der Waals surface area contributed by atoms with Crippen molar-refractivity contribution in [3.8, 4) is 0 Å². The molecule has 2 rings (SSSR count). The number of anilines is 3. The lowest BCUT2D eigenvalue weighted by molar-refractivity contribution is 0.101. The number of rotatable bonds is 6. The highest BCUT2D eigenvalue weighted by molar-refractivity contribution is 5.94. The molecular weight excluding hydrogens is 276 g/mol. The third-order valence-corrected chi connectivity index (χ3v) is 3.41. The van der Waals surface area contributed by atoms with E-state index < -0.39 is 0 Å². The largest absolute Gasteiger partial charge is 0.367 e. The van der Waals surface area contributed by atoms with Crippen molar-refractivity contribution in [2.24, 2.45) is 0 Å². The number of benzene rings is 1. The molecule has 0 aliphatic rings. The molecule has 0 saturated heterocycles. The summed E-state index contributed by atoms with van der Waals surface area (Å²) in [5.41, 5.74) is 2.43. The number of aromatic nitrogens is 2. The molecule has 1 atom stereocenters. The maximum absolute atomic E-state index is 11.3. The second kappa shape index (κ2) is 7.02. The first kappa shape index (κ1) is 15.9. The topological polar surface area (TPSA) is 66.9 Å². The van der Waals surface area contributed by atoms with Crippen LogP contribution in [0.5, 0.6) is 0 Å². The van der Waals surface area contributed by atoms with Gasteiger partial charge < -0.3 is 10.6 Å². The minimum atomic E-state index is 0.0541. The van der Waals surface area contributed by atoms with E-state index in [0.29, 0.717) is 17.6 Å². The van der Waals surface area contributed by atoms with Crippen molar-refractivity contribution >= 4 is 23.2 Å². The number of carbonyl (C=O) groups excluding carboxylic acids is 1. The number of hydrogen-bond donors (Lipinski definition) is 2. The molecule has 0 aliphatic carbocycles. The number of nitrogens with one attached hydrogen (secondary N) is 2. The monoisotopic (exact) mass is 298 g/mol. The Balaban J connectivity index is 2.16. The van der Waals surface area contributed by atoms with E-state index in [1.807, 2.05) is 25.1 Å². The number of nitrogens with zero attached hydrogens (tertiary/aromatic N) is 2. The fourth-order valence-corrected chi connectivity index (χ4v) is 1.97. The fourth-order valence-electron chi connectivity index (χ4n) is 1.97. The molecule has 0 radical (unpaired) electrons. The van der Waals surface area contributed by atoms with Gasteiger partial charge in [0.2, 0.25) is 5.95 Å². The Morgan fingerprint density at radius 1 is 1.23 bits per heavy atom. The van der Waals surface area contributed by atoms with Gasteiger partial charge in [0.05, 0.1) is 0 Å². The summed E-state index contributed by atoms with van der Waals surface area (Å²) in [7, 11) is 0. The first-order valence-electron chi connectivity index (χ1n) is 7.48. The minimum Gasteiger partial charge on any atom is -0.367 e. The van der Waals surface area contributed by atoms with Gasteiger partial charge in [0.15, 0.2) is 5.78 Å². The predicted octanol–water partition coefficient (Wildman–Crippen LogP) is 3.94. The zero-order chi connectivity index (χ0) is 16.1. The van der Waals surface area contributed by atoms with Crippen LogP contribution < -0.4 is 10.6 Å². The molecule has 0 amide bonds. The van der Waals surface area contributed by atoms with Gasteiger partial charge in [-0.25, -0.2) is 4.98 Å². The Kier molecular flexibility index (Phi) is 5.09. The van der Waals surface area contributed by atoms with Gasteiger partial charge >= 0.3 is 0 Å². The van der Waals surface area contributed by atoms with Crippen molar-refractivity contribution < 1.29 is 4.79 Å². The molecule has 0 bridgehead atoms. The van der Waals surface area contributed by atoms with Crippen LogP contribution >= 0.6 is 0 Å². The van der Waals surface area contributed by atoms with Crippen LogP contribution in [0.3, 0.4) is 0 Å². The van der Waals surface area contributed by atoms with Gasteiger partial charge in [-0.15, -0.1) is 0 Å². The van der Waals surface area contributed by atoms with E-state index in [1.54, 1.807) is 19.1 Å². The molecule has 1 heterocycles. The van der Waals surface area contributed by atoms with E-state index in [0.717, 1.165) is 23.6 Å². The molecule has 1 unspecified atom stereocenters. The highest BCUT2D eigenvalue weighted by Gasteiger charge is 2.06. The Morgan fingerprint density at radius 2 is 1.91 bits per heavy atom. The summed E-state index contributed by atoms with van der Waals surface area (Å²) in [4.78, 5) is 20.1. The average Bonchev–Trinajstić information content (AvgIpc) is 2.47. The van der Waals surface area contributed by atoms with Crippen LogP contribution in [0.2, 0.25) is 0 Å². The highest BCUT2D eigenvalue weighted by Crippen LogP contribution is 2.17. The van der Waals surface area contributed by atoms with Crippen LogP contribution in [0, 0.1) is 6.92 Å². The molecule has 2 aromatic rings. The molecule has 2 N–H and O–H groups in total. The molecule has 0 aliphatic heterocycles. The molecule has 0 fully saturated rings.